The Morgan fingerprint density at radius 3 is 2.28 bits per heavy atom. The van der Waals surface area contributed by atoms with Crippen LogP contribution in [0.1, 0.15) is 177 Å². The number of unbranched alkanes of at least 4 members (excludes halogenated alkanes) is 5. The zero-order chi connectivity index (χ0) is 34.5. The van der Waals surface area contributed by atoms with E-state index < -0.39 is 0 Å². The van der Waals surface area contributed by atoms with Crippen LogP contribution in [-0.2, 0) is 4.74 Å². The zero-order valence-electron chi connectivity index (χ0n) is 32.3. The Balaban J connectivity index is 1.30. The van der Waals surface area contributed by atoms with E-state index in [0.717, 1.165) is 81.1 Å². The van der Waals surface area contributed by atoms with Crippen LogP contribution in [0.25, 0.3) is 0 Å². The molecule has 0 aliphatic heterocycles. The minimum absolute atomic E-state index is 0.00179. The summed E-state index contributed by atoms with van der Waals surface area (Å²) in [6, 6.07) is 0. The standard InChI is InChI=1S/C42H77N3O2/c1-31(2)16-12-13-17-32-19-21-36-35-20-18-33-30-34(22-25-42(33,8)37(35)23-26-41(32,36)7)47-38(46)45(29-27-40(5,6)44)28-15-11-9-10-14-24-39(3,4)43/h18,31-32,34-37H,9-17,19-30,43-44H2,1-8H3. The van der Waals surface area contributed by atoms with E-state index in [4.69, 9.17) is 16.2 Å². The third-order valence-electron chi connectivity index (χ3n) is 13.6. The molecule has 0 radical (unpaired) electrons. The van der Waals surface area contributed by atoms with E-state index in [1.54, 1.807) is 5.57 Å². The molecule has 4 aliphatic carbocycles. The highest BCUT2D eigenvalue weighted by Gasteiger charge is 2.58. The highest BCUT2D eigenvalue weighted by molar-refractivity contribution is 5.67. The number of carbonyl (C=O) groups is 1. The molecular formula is C42H77N3O2. The molecule has 3 saturated carbocycles. The molecule has 0 spiro atoms. The molecule has 0 bridgehead atoms. The first-order valence-electron chi connectivity index (χ1n) is 20.2. The maximum Gasteiger partial charge on any atom is 0.410 e. The van der Waals surface area contributed by atoms with Gasteiger partial charge in [-0.1, -0.05) is 84.3 Å². The molecule has 0 heterocycles. The predicted molar refractivity (Wildman–Crippen MR) is 199 cm³/mol. The second-order valence-corrected chi connectivity index (χ2v) is 19.2. The predicted octanol–water partition coefficient (Wildman–Crippen LogP) is 10.8. The first kappa shape index (κ1) is 38.7. The van der Waals surface area contributed by atoms with E-state index in [-0.39, 0.29) is 28.7 Å². The maximum atomic E-state index is 13.6. The van der Waals surface area contributed by atoms with Gasteiger partial charge in [-0.15, -0.1) is 0 Å². The van der Waals surface area contributed by atoms with Crippen LogP contribution in [0.5, 0.6) is 0 Å². The summed E-state index contributed by atoms with van der Waals surface area (Å²) in [5, 5.41) is 0. The third kappa shape index (κ3) is 10.5. The summed E-state index contributed by atoms with van der Waals surface area (Å²) < 4.78 is 6.33. The number of nitrogens with zero attached hydrogens (tertiary/aromatic N) is 1. The molecule has 0 aromatic carbocycles. The van der Waals surface area contributed by atoms with Crippen molar-refractivity contribution < 1.29 is 9.53 Å². The first-order chi connectivity index (χ1) is 22.0. The second kappa shape index (κ2) is 16.3. The van der Waals surface area contributed by atoms with Gasteiger partial charge in [0.25, 0.3) is 0 Å². The van der Waals surface area contributed by atoms with Crippen LogP contribution in [0.3, 0.4) is 0 Å². The molecule has 4 aliphatic rings. The van der Waals surface area contributed by atoms with Gasteiger partial charge >= 0.3 is 6.09 Å². The van der Waals surface area contributed by atoms with E-state index in [1.165, 1.54) is 77.0 Å². The molecule has 7 atom stereocenters. The quantitative estimate of drug-likeness (QED) is 0.121. The average molecular weight is 656 g/mol. The van der Waals surface area contributed by atoms with Crippen molar-refractivity contribution >= 4 is 6.09 Å². The highest BCUT2D eigenvalue weighted by Crippen LogP contribution is 2.66. The van der Waals surface area contributed by atoms with Crippen molar-refractivity contribution in [2.45, 2.75) is 195 Å². The van der Waals surface area contributed by atoms with Crippen LogP contribution in [0.4, 0.5) is 4.79 Å². The summed E-state index contributed by atoms with van der Waals surface area (Å²) in [7, 11) is 0. The Labute approximate surface area is 291 Å². The maximum absolute atomic E-state index is 13.6. The lowest BCUT2D eigenvalue weighted by atomic mass is 9.47. The molecule has 4 N–H and O–H groups in total. The van der Waals surface area contributed by atoms with Gasteiger partial charge in [0, 0.05) is 30.6 Å². The molecule has 4 rings (SSSR count). The molecule has 47 heavy (non-hydrogen) atoms. The summed E-state index contributed by atoms with van der Waals surface area (Å²) in [4.78, 5) is 15.6. The number of fused-ring (bicyclic) bond motifs is 5. The monoisotopic (exact) mass is 656 g/mol. The number of nitrogens with two attached hydrogens (primary N) is 2. The van der Waals surface area contributed by atoms with E-state index in [9.17, 15) is 4.79 Å². The molecule has 0 aromatic rings. The molecular weight excluding hydrogens is 578 g/mol. The molecule has 3 fully saturated rings. The summed E-state index contributed by atoms with van der Waals surface area (Å²) in [6.45, 7) is 19.7. The Hall–Kier alpha value is -1.07. The van der Waals surface area contributed by atoms with E-state index in [0.29, 0.717) is 12.0 Å². The number of allylic oxidation sites excluding steroid dienone is 1. The van der Waals surface area contributed by atoms with Gasteiger partial charge in [0.15, 0.2) is 0 Å². The van der Waals surface area contributed by atoms with E-state index >= 15 is 0 Å². The SMILES string of the molecule is CC(C)CCCCC1CCC2C3CC=C4CC(OC(=O)N(CCCCCCCC(C)(C)N)CCC(C)(C)N)CCC4(C)C3CCC12C. The molecule has 0 saturated heterocycles. The van der Waals surface area contributed by atoms with Crippen molar-refractivity contribution in [3.05, 3.63) is 11.6 Å². The van der Waals surface area contributed by atoms with Crippen LogP contribution in [0.15, 0.2) is 11.6 Å². The lowest BCUT2D eigenvalue weighted by Gasteiger charge is -2.58. The Bertz CT molecular complexity index is 1020. The fourth-order valence-electron chi connectivity index (χ4n) is 10.6. The number of carbonyl (C=O) groups excluding carboxylic acids is 1. The van der Waals surface area contributed by atoms with Gasteiger partial charge < -0.3 is 21.1 Å². The van der Waals surface area contributed by atoms with Gasteiger partial charge in [-0.2, -0.15) is 0 Å². The minimum Gasteiger partial charge on any atom is -0.446 e. The lowest BCUT2D eigenvalue weighted by Crippen LogP contribution is -2.50. The van der Waals surface area contributed by atoms with Crippen molar-refractivity contribution in [1.82, 2.24) is 4.90 Å². The van der Waals surface area contributed by atoms with Gasteiger partial charge in [-0.25, -0.2) is 4.79 Å². The van der Waals surface area contributed by atoms with Crippen LogP contribution >= 0.6 is 0 Å². The molecule has 7 unspecified atom stereocenters. The Kier molecular flexibility index (Phi) is 13.4. The summed E-state index contributed by atoms with van der Waals surface area (Å²) >= 11 is 0. The van der Waals surface area contributed by atoms with Gasteiger partial charge in [-0.3, -0.25) is 0 Å². The summed E-state index contributed by atoms with van der Waals surface area (Å²) in [5.74, 6) is 4.32. The van der Waals surface area contributed by atoms with Crippen LogP contribution in [0.2, 0.25) is 0 Å². The summed E-state index contributed by atoms with van der Waals surface area (Å²) in [5.41, 5.74) is 14.5. The number of ether oxygens (including phenoxy) is 1. The molecule has 1 amide bonds. The van der Waals surface area contributed by atoms with Gasteiger partial charge in [0.05, 0.1) is 0 Å². The number of hydrogen-bond acceptors (Lipinski definition) is 4. The van der Waals surface area contributed by atoms with Crippen molar-refractivity contribution in [3.8, 4) is 0 Å². The van der Waals surface area contributed by atoms with Crippen LogP contribution in [0, 0.1) is 40.4 Å². The van der Waals surface area contributed by atoms with E-state index in [2.05, 4.69) is 47.6 Å². The van der Waals surface area contributed by atoms with Crippen LogP contribution in [-0.4, -0.2) is 41.3 Å². The van der Waals surface area contributed by atoms with Crippen molar-refractivity contribution in [1.29, 1.82) is 0 Å². The third-order valence-corrected chi connectivity index (χ3v) is 13.6. The number of rotatable bonds is 17. The fraction of sp³-hybridized carbons (Fsp3) is 0.929. The average Bonchev–Trinajstić information content (AvgIpc) is 3.31. The lowest BCUT2D eigenvalue weighted by molar-refractivity contribution is -0.0534. The van der Waals surface area contributed by atoms with Crippen LogP contribution < -0.4 is 11.5 Å². The van der Waals surface area contributed by atoms with Crippen molar-refractivity contribution in [2.24, 2.45) is 51.9 Å². The second-order valence-electron chi connectivity index (χ2n) is 19.2. The van der Waals surface area contributed by atoms with Gasteiger partial charge in [0.1, 0.15) is 6.10 Å². The van der Waals surface area contributed by atoms with Gasteiger partial charge in [-0.05, 0) is 139 Å². The molecule has 5 nitrogen and oxygen atoms in total. The Morgan fingerprint density at radius 1 is 0.872 bits per heavy atom. The van der Waals surface area contributed by atoms with E-state index in [1.807, 2.05) is 18.7 Å². The van der Waals surface area contributed by atoms with Crippen molar-refractivity contribution in [2.75, 3.05) is 13.1 Å². The molecule has 5 heteroatoms. The van der Waals surface area contributed by atoms with Gasteiger partial charge in [0.2, 0.25) is 0 Å². The minimum atomic E-state index is -0.299. The fourth-order valence-corrected chi connectivity index (χ4v) is 10.6. The number of hydrogen-bond donors (Lipinski definition) is 2. The number of amides is 1. The topological polar surface area (TPSA) is 81.6 Å². The normalized spacial score (nSPS) is 32.4. The first-order valence-corrected chi connectivity index (χ1v) is 20.2. The smallest absolute Gasteiger partial charge is 0.410 e. The molecule has 0 aromatic heterocycles. The largest absolute Gasteiger partial charge is 0.446 e. The highest BCUT2D eigenvalue weighted by atomic mass is 16.6. The molecule has 272 valence electrons. The van der Waals surface area contributed by atoms with Crippen molar-refractivity contribution in [3.63, 3.8) is 0 Å². The zero-order valence-corrected chi connectivity index (χ0v) is 32.3. The Morgan fingerprint density at radius 2 is 1.57 bits per heavy atom. The summed E-state index contributed by atoms with van der Waals surface area (Å²) in [6.07, 6.45) is 25.8.